The van der Waals surface area contributed by atoms with Crippen LogP contribution in [0.1, 0.15) is 0 Å². The number of para-hydroxylation sites is 1. The molecule has 1 aromatic rings. The molecule has 0 atom stereocenters. The number of carboxylic acid groups (broad SMARTS) is 1. The molecule has 0 unspecified atom stereocenters. The van der Waals surface area contributed by atoms with E-state index < -0.39 is 11.9 Å². The van der Waals surface area contributed by atoms with E-state index in [0.29, 0.717) is 0 Å². The van der Waals surface area contributed by atoms with Gasteiger partial charge in [-0.2, -0.15) is 0 Å². The molecule has 0 aliphatic heterocycles. The van der Waals surface area contributed by atoms with Crippen molar-refractivity contribution in [3.8, 4) is 5.75 Å². The van der Waals surface area contributed by atoms with Gasteiger partial charge in [-0.25, -0.2) is 9.18 Å². The predicted octanol–water partition coefficient (Wildman–Crippen LogP) is 2.47. The second-order valence-electron chi connectivity index (χ2n) is 3.10. The molecular formula is C10H11ClFNO3. The van der Waals surface area contributed by atoms with Gasteiger partial charge in [0.05, 0.1) is 11.6 Å². The lowest BCUT2D eigenvalue weighted by Crippen LogP contribution is -2.29. The number of halogens is 2. The molecule has 16 heavy (non-hydrogen) atoms. The number of nitrogens with zero attached hydrogens (tertiary/aromatic N) is 1. The van der Waals surface area contributed by atoms with Crippen LogP contribution in [0, 0.1) is 5.82 Å². The predicted molar refractivity (Wildman–Crippen MR) is 57.6 cm³/mol. The van der Waals surface area contributed by atoms with Gasteiger partial charge in [-0.15, -0.1) is 0 Å². The number of hydrogen-bond acceptors (Lipinski definition) is 2. The Labute approximate surface area is 97.2 Å². The van der Waals surface area contributed by atoms with Crippen molar-refractivity contribution in [2.45, 2.75) is 0 Å². The summed E-state index contributed by atoms with van der Waals surface area (Å²) in [7, 11) is 1.40. The average molecular weight is 248 g/mol. The van der Waals surface area contributed by atoms with E-state index in [-0.39, 0.29) is 23.9 Å². The van der Waals surface area contributed by atoms with Crippen LogP contribution >= 0.6 is 11.6 Å². The van der Waals surface area contributed by atoms with Crippen molar-refractivity contribution in [2.24, 2.45) is 0 Å². The summed E-state index contributed by atoms with van der Waals surface area (Å²) < 4.78 is 18.3. The number of rotatable bonds is 4. The first kappa shape index (κ1) is 12.6. The van der Waals surface area contributed by atoms with Crippen LogP contribution in [-0.4, -0.2) is 36.3 Å². The van der Waals surface area contributed by atoms with Crippen LogP contribution in [0.2, 0.25) is 5.02 Å². The topological polar surface area (TPSA) is 49.8 Å². The van der Waals surface area contributed by atoms with Gasteiger partial charge >= 0.3 is 6.09 Å². The zero-order valence-electron chi connectivity index (χ0n) is 8.61. The van der Waals surface area contributed by atoms with Gasteiger partial charge in [0.25, 0.3) is 0 Å². The highest BCUT2D eigenvalue weighted by Crippen LogP contribution is 2.26. The molecule has 0 heterocycles. The maximum absolute atomic E-state index is 13.2. The zero-order chi connectivity index (χ0) is 12.1. The first-order valence-electron chi connectivity index (χ1n) is 4.53. The molecule has 0 saturated heterocycles. The first-order chi connectivity index (χ1) is 7.52. The van der Waals surface area contributed by atoms with Crippen molar-refractivity contribution in [3.63, 3.8) is 0 Å². The van der Waals surface area contributed by atoms with Crippen molar-refractivity contribution in [1.29, 1.82) is 0 Å². The molecule has 6 heteroatoms. The van der Waals surface area contributed by atoms with Gasteiger partial charge in [0.1, 0.15) is 6.61 Å². The van der Waals surface area contributed by atoms with Crippen LogP contribution < -0.4 is 4.74 Å². The molecule has 88 valence electrons. The molecule has 1 rings (SSSR count). The third kappa shape index (κ3) is 3.27. The maximum atomic E-state index is 13.2. The standard InChI is InChI=1S/C10H11ClFNO3/c1-13(10(14)15)5-6-16-9-7(11)3-2-4-8(9)12/h2-4H,5-6H2,1H3,(H,14,15). The molecule has 1 amide bonds. The Balaban J connectivity index is 2.52. The molecule has 0 aromatic heterocycles. The summed E-state index contributed by atoms with van der Waals surface area (Å²) in [6.07, 6.45) is -1.07. The highest BCUT2D eigenvalue weighted by molar-refractivity contribution is 6.32. The van der Waals surface area contributed by atoms with Gasteiger partial charge in [0.2, 0.25) is 0 Å². The van der Waals surface area contributed by atoms with E-state index in [4.69, 9.17) is 21.4 Å². The van der Waals surface area contributed by atoms with Crippen molar-refractivity contribution < 1.29 is 19.0 Å². The number of amides is 1. The Morgan fingerprint density at radius 1 is 1.62 bits per heavy atom. The van der Waals surface area contributed by atoms with Gasteiger partial charge in [0.15, 0.2) is 11.6 Å². The molecule has 0 bridgehead atoms. The summed E-state index contributed by atoms with van der Waals surface area (Å²) in [5.41, 5.74) is 0. The van der Waals surface area contributed by atoms with E-state index in [1.807, 2.05) is 0 Å². The fraction of sp³-hybridized carbons (Fsp3) is 0.300. The SMILES string of the molecule is CN(CCOc1c(F)cccc1Cl)C(=O)O. The minimum atomic E-state index is -1.07. The number of carbonyl (C=O) groups is 1. The van der Waals surface area contributed by atoms with Gasteiger partial charge in [0, 0.05) is 7.05 Å². The van der Waals surface area contributed by atoms with E-state index in [1.165, 1.54) is 25.2 Å². The smallest absolute Gasteiger partial charge is 0.407 e. The summed E-state index contributed by atoms with van der Waals surface area (Å²) in [6, 6.07) is 4.19. The molecule has 0 spiro atoms. The van der Waals surface area contributed by atoms with Crippen molar-refractivity contribution in [2.75, 3.05) is 20.2 Å². The molecule has 0 aliphatic rings. The average Bonchev–Trinajstić information content (AvgIpc) is 2.22. The largest absolute Gasteiger partial charge is 0.487 e. The normalized spacial score (nSPS) is 9.94. The Bertz CT molecular complexity index is 366. The molecule has 0 aliphatic carbocycles. The molecule has 1 N–H and O–H groups in total. The maximum Gasteiger partial charge on any atom is 0.407 e. The molecule has 0 saturated carbocycles. The summed E-state index contributed by atoms with van der Waals surface area (Å²) in [6.45, 7) is 0.184. The minimum absolute atomic E-state index is 0.0451. The van der Waals surface area contributed by atoms with Crippen molar-refractivity contribution in [3.05, 3.63) is 29.0 Å². The molecule has 0 fully saturated rings. The third-order valence-electron chi connectivity index (χ3n) is 1.92. The minimum Gasteiger partial charge on any atom is -0.487 e. The zero-order valence-corrected chi connectivity index (χ0v) is 9.37. The van der Waals surface area contributed by atoms with Gasteiger partial charge in [-0.3, -0.25) is 0 Å². The highest BCUT2D eigenvalue weighted by Gasteiger charge is 2.09. The Kier molecular flexibility index (Phi) is 4.37. The van der Waals surface area contributed by atoms with Crippen molar-refractivity contribution >= 4 is 17.7 Å². The lowest BCUT2D eigenvalue weighted by atomic mass is 10.3. The van der Waals surface area contributed by atoms with Crippen LogP contribution in [0.25, 0.3) is 0 Å². The quantitative estimate of drug-likeness (QED) is 0.889. The van der Waals surface area contributed by atoms with Gasteiger partial charge < -0.3 is 14.7 Å². The summed E-state index contributed by atoms with van der Waals surface area (Å²) in [4.78, 5) is 11.5. The van der Waals surface area contributed by atoms with E-state index in [2.05, 4.69) is 0 Å². The second-order valence-corrected chi connectivity index (χ2v) is 3.51. The fourth-order valence-electron chi connectivity index (χ4n) is 1.00. The monoisotopic (exact) mass is 247 g/mol. The highest BCUT2D eigenvalue weighted by atomic mass is 35.5. The lowest BCUT2D eigenvalue weighted by molar-refractivity contribution is 0.146. The van der Waals surface area contributed by atoms with Crippen LogP contribution in [0.15, 0.2) is 18.2 Å². The Hall–Kier alpha value is -1.49. The lowest BCUT2D eigenvalue weighted by Gasteiger charge is -2.14. The molecule has 0 radical (unpaired) electrons. The van der Waals surface area contributed by atoms with E-state index in [0.717, 1.165) is 4.90 Å². The third-order valence-corrected chi connectivity index (χ3v) is 2.22. The number of ether oxygens (including phenoxy) is 1. The molecular weight excluding hydrogens is 237 g/mol. The van der Waals surface area contributed by atoms with Crippen molar-refractivity contribution in [1.82, 2.24) is 4.90 Å². The first-order valence-corrected chi connectivity index (χ1v) is 4.91. The van der Waals surface area contributed by atoms with Crippen LogP contribution in [0.5, 0.6) is 5.75 Å². The number of likely N-dealkylation sites (N-methyl/N-ethyl adjacent to an activating group) is 1. The second kappa shape index (κ2) is 5.55. The van der Waals surface area contributed by atoms with E-state index in [1.54, 1.807) is 0 Å². The van der Waals surface area contributed by atoms with Crippen LogP contribution in [0.3, 0.4) is 0 Å². The van der Waals surface area contributed by atoms with Crippen LogP contribution in [0.4, 0.5) is 9.18 Å². The molecule has 1 aromatic carbocycles. The fourth-order valence-corrected chi connectivity index (χ4v) is 1.22. The number of hydrogen-bond donors (Lipinski definition) is 1. The van der Waals surface area contributed by atoms with Gasteiger partial charge in [-0.1, -0.05) is 17.7 Å². The molecule has 4 nitrogen and oxygen atoms in total. The Morgan fingerprint density at radius 3 is 2.88 bits per heavy atom. The Morgan fingerprint density at radius 2 is 2.31 bits per heavy atom. The summed E-state index contributed by atoms with van der Waals surface area (Å²) >= 11 is 5.71. The number of benzene rings is 1. The summed E-state index contributed by atoms with van der Waals surface area (Å²) in [5, 5.41) is 8.72. The van der Waals surface area contributed by atoms with Gasteiger partial charge in [-0.05, 0) is 12.1 Å². The van der Waals surface area contributed by atoms with Crippen LogP contribution in [-0.2, 0) is 0 Å². The summed E-state index contributed by atoms with van der Waals surface area (Å²) in [5.74, 6) is -0.617. The van der Waals surface area contributed by atoms with E-state index >= 15 is 0 Å². The van der Waals surface area contributed by atoms with E-state index in [9.17, 15) is 9.18 Å².